The quantitative estimate of drug-likeness (QED) is 0.640. The number of aryl methyl sites for hydroxylation is 1. The molecule has 3 aromatic rings. The van der Waals surface area contributed by atoms with Gasteiger partial charge in [0.15, 0.2) is 21.9 Å². The van der Waals surface area contributed by atoms with Crippen LogP contribution in [0.3, 0.4) is 0 Å². The highest BCUT2D eigenvalue weighted by Crippen LogP contribution is 2.35. The van der Waals surface area contributed by atoms with Gasteiger partial charge in [0, 0.05) is 11.5 Å². The number of fused-ring (bicyclic) bond motifs is 4. The predicted octanol–water partition coefficient (Wildman–Crippen LogP) is 2.62. The topological polar surface area (TPSA) is 51.6 Å². The summed E-state index contributed by atoms with van der Waals surface area (Å²) in [5.41, 5.74) is 2.88. The third-order valence-electron chi connectivity index (χ3n) is 3.33. The van der Waals surface area contributed by atoms with Gasteiger partial charge in [0.25, 0.3) is 0 Å². The van der Waals surface area contributed by atoms with Crippen molar-refractivity contribution in [2.45, 2.75) is 6.92 Å². The van der Waals surface area contributed by atoms with E-state index in [1.165, 1.54) is 0 Å². The summed E-state index contributed by atoms with van der Waals surface area (Å²) in [7, 11) is 0. The minimum absolute atomic E-state index is 0.574. The van der Waals surface area contributed by atoms with Crippen molar-refractivity contribution < 1.29 is 9.47 Å². The average Bonchev–Trinajstić information content (AvgIpc) is 2.80. The van der Waals surface area contributed by atoms with Crippen LogP contribution in [0.5, 0.6) is 11.5 Å². The second kappa shape index (κ2) is 3.71. The van der Waals surface area contributed by atoms with Crippen molar-refractivity contribution >= 4 is 28.8 Å². The standard InChI is InChI=1S/C13H11N3O2S/c1-7-4-8-5-10-11(18-3-2-17-10)6-9(8)16-12(7)14-15-13(16)19/h4-6H,2-3H2,1H3,(H,15,19). The molecular formula is C13H11N3O2S. The van der Waals surface area contributed by atoms with Gasteiger partial charge < -0.3 is 9.47 Å². The zero-order valence-electron chi connectivity index (χ0n) is 10.3. The summed E-state index contributed by atoms with van der Waals surface area (Å²) in [5, 5.41) is 8.15. The number of benzene rings is 1. The number of hydrogen-bond acceptors (Lipinski definition) is 4. The Morgan fingerprint density at radius 1 is 1.21 bits per heavy atom. The van der Waals surface area contributed by atoms with Gasteiger partial charge in [-0.15, -0.1) is 0 Å². The Hall–Kier alpha value is -2.08. The highest BCUT2D eigenvalue weighted by Gasteiger charge is 2.15. The van der Waals surface area contributed by atoms with Crippen LogP contribution >= 0.6 is 12.2 Å². The highest BCUT2D eigenvalue weighted by atomic mass is 32.1. The number of rotatable bonds is 0. The molecule has 19 heavy (non-hydrogen) atoms. The Balaban J connectivity index is 2.20. The normalized spacial score (nSPS) is 14.2. The number of nitrogens with one attached hydrogen (secondary N) is 1. The molecule has 0 atom stereocenters. The molecule has 1 aromatic carbocycles. The van der Waals surface area contributed by atoms with Crippen molar-refractivity contribution in [3.05, 3.63) is 28.5 Å². The van der Waals surface area contributed by atoms with E-state index in [9.17, 15) is 0 Å². The maximum atomic E-state index is 5.62. The molecule has 5 nitrogen and oxygen atoms in total. The number of ether oxygens (including phenoxy) is 2. The molecule has 6 heteroatoms. The van der Waals surface area contributed by atoms with E-state index in [2.05, 4.69) is 16.3 Å². The SMILES string of the molecule is Cc1cc2cc3c(cc2n2c(=S)[nH]nc12)OCCO3. The van der Waals surface area contributed by atoms with E-state index in [1.54, 1.807) is 0 Å². The molecular weight excluding hydrogens is 262 g/mol. The number of pyridine rings is 1. The number of H-pyrrole nitrogens is 1. The molecule has 0 saturated carbocycles. The van der Waals surface area contributed by atoms with Crippen molar-refractivity contribution in [1.29, 1.82) is 0 Å². The maximum Gasteiger partial charge on any atom is 0.200 e. The second-order valence-corrected chi connectivity index (χ2v) is 4.96. The first-order valence-corrected chi connectivity index (χ1v) is 6.45. The second-order valence-electron chi connectivity index (χ2n) is 4.57. The molecule has 0 amide bonds. The zero-order chi connectivity index (χ0) is 13.0. The Bertz CT molecular complexity index is 866. The van der Waals surface area contributed by atoms with E-state index in [0.717, 1.165) is 33.6 Å². The predicted molar refractivity (Wildman–Crippen MR) is 73.6 cm³/mol. The smallest absolute Gasteiger partial charge is 0.200 e. The lowest BCUT2D eigenvalue weighted by atomic mass is 10.1. The van der Waals surface area contributed by atoms with E-state index >= 15 is 0 Å². The minimum Gasteiger partial charge on any atom is -0.486 e. The number of aromatic nitrogens is 3. The van der Waals surface area contributed by atoms with Crippen molar-refractivity contribution in [3.63, 3.8) is 0 Å². The minimum atomic E-state index is 0.574. The summed E-state index contributed by atoms with van der Waals surface area (Å²) in [6.45, 7) is 3.18. The summed E-state index contributed by atoms with van der Waals surface area (Å²) < 4.78 is 13.7. The van der Waals surface area contributed by atoms with Crippen LogP contribution in [0.2, 0.25) is 0 Å². The molecule has 0 radical (unpaired) electrons. The first-order chi connectivity index (χ1) is 9.24. The zero-order valence-corrected chi connectivity index (χ0v) is 11.1. The van der Waals surface area contributed by atoms with Crippen LogP contribution in [0.25, 0.3) is 16.6 Å². The van der Waals surface area contributed by atoms with Gasteiger partial charge in [-0.1, -0.05) is 0 Å². The van der Waals surface area contributed by atoms with Gasteiger partial charge in [-0.2, -0.15) is 5.10 Å². The molecule has 0 fully saturated rings. The van der Waals surface area contributed by atoms with Crippen LogP contribution in [0.15, 0.2) is 18.2 Å². The van der Waals surface area contributed by atoms with Crippen molar-refractivity contribution in [1.82, 2.24) is 14.6 Å². The van der Waals surface area contributed by atoms with Gasteiger partial charge in [-0.3, -0.25) is 9.50 Å². The maximum absolute atomic E-state index is 5.62. The van der Waals surface area contributed by atoms with Crippen LogP contribution in [0.1, 0.15) is 5.56 Å². The average molecular weight is 273 g/mol. The van der Waals surface area contributed by atoms with Gasteiger partial charge >= 0.3 is 0 Å². The third kappa shape index (κ3) is 1.46. The Labute approximate surface area is 113 Å². The Kier molecular flexibility index (Phi) is 2.11. The van der Waals surface area contributed by atoms with Crippen molar-refractivity contribution in [3.8, 4) is 11.5 Å². The van der Waals surface area contributed by atoms with Crippen LogP contribution in [-0.2, 0) is 0 Å². The largest absolute Gasteiger partial charge is 0.486 e. The van der Waals surface area contributed by atoms with Gasteiger partial charge in [0.05, 0.1) is 5.52 Å². The van der Waals surface area contributed by atoms with Gasteiger partial charge in [0.1, 0.15) is 13.2 Å². The van der Waals surface area contributed by atoms with Gasteiger partial charge in [0.2, 0.25) is 0 Å². The van der Waals surface area contributed by atoms with Crippen molar-refractivity contribution in [2.24, 2.45) is 0 Å². The molecule has 2 aromatic heterocycles. The molecule has 0 spiro atoms. The van der Waals surface area contributed by atoms with E-state index in [-0.39, 0.29) is 0 Å². The van der Waals surface area contributed by atoms with E-state index in [4.69, 9.17) is 21.7 Å². The van der Waals surface area contributed by atoms with Gasteiger partial charge in [-0.05, 0) is 36.8 Å². The summed E-state index contributed by atoms with van der Waals surface area (Å²) >= 11 is 5.30. The lowest BCUT2D eigenvalue weighted by Crippen LogP contribution is -2.15. The summed E-state index contributed by atoms with van der Waals surface area (Å²) in [6.07, 6.45) is 0. The number of aromatic amines is 1. The molecule has 96 valence electrons. The van der Waals surface area contributed by atoms with E-state index in [1.807, 2.05) is 23.5 Å². The summed E-state index contributed by atoms with van der Waals surface area (Å²) in [4.78, 5) is 0. The fourth-order valence-electron chi connectivity index (χ4n) is 2.49. The monoisotopic (exact) mass is 273 g/mol. The molecule has 0 saturated heterocycles. The fraction of sp³-hybridized carbons (Fsp3) is 0.231. The molecule has 4 rings (SSSR count). The summed E-state index contributed by atoms with van der Waals surface area (Å²) in [6, 6.07) is 6.03. The Morgan fingerprint density at radius 3 is 2.74 bits per heavy atom. The summed E-state index contributed by atoms with van der Waals surface area (Å²) in [5.74, 6) is 1.54. The van der Waals surface area contributed by atoms with E-state index in [0.29, 0.717) is 18.0 Å². The Morgan fingerprint density at radius 2 is 1.95 bits per heavy atom. The third-order valence-corrected chi connectivity index (χ3v) is 3.60. The van der Waals surface area contributed by atoms with E-state index < -0.39 is 0 Å². The number of hydrogen-bond donors (Lipinski definition) is 1. The molecule has 1 N–H and O–H groups in total. The molecule has 0 aliphatic carbocycles. The molecule has 0 unspecified atom stereocenters. The van der Waals surface area contributed by atoms with Crippen LogP contribution in [0.4, 0.5) is 0 Å². The first kappa shape index (κ1) is 10.8. The highest BCUT2D eigenvalue weighted by molar-refractivity contribution is 7.71. The van der Waals surface area contributed by atoms with Gasteiger partial charge in [-0.25, -0.2) is 0 Å². The lowest BCUT2D eigenvalue weighted by molar-refractivity contribution is 0.172. The van der Waals surface area contributed by atoms with Crippen molar-refractivity contribution in [2.75, 3.05) is 13.2 Å². The molecule has 0 bridgehead atoms. The first-order valence-electron chi connectivity index (χ1n) is 6.04. The number of nitrogens with zero attached hydrogens (tertiary/aromatic N) is 2. The fourth-order valence-corrected chi connectivity index (χ4v) is 2.72. The van der Waals surface area contributed by atoms with Crippen LogP contribution < -0.4 is 9.47 Å². The van der Waals surface area contributed by atoms with Crippen LogP contribution in [-0.4, -0.2) is 27.8 Å². The lowest BCUT2D eigenvalue weighted by Gasteiger charge is -2.19. The molecule has 1 aliphatic heterocycles. The molecule has 3 heterocycles. The van der Waals surface area contributed by atoms with Crippen LogP contribution in [0, 0.1) is 11.7 Å². The molecule has 1 aliphatic rings.